The molecule has 0 bridgehead atoms. The molecule has 0 saturated heterocycles. The topological polar surface area (TPSA) is 53.8 Å². The minimum Gasteiger partial charge on any atom is -0.504 e. The molecular weight excluding hydrogens is 408 g/mol. The Morgan fingerprint density at radius 3 is 2.45 bits per heavy atom. The minimum atomic E-state index is -0.244. The Bertz CT molecular complexity index is 1060. The van der Waals surface area contributed by atoms with Crippen LogP contribution in [0.2, 0.25) is 5.02 Å². The highest BCUT2D eigenvalue weighted by molar-refractivity contribution is 6.30. The van der Waals surface area contributed by atoms with Crippen LogP contribution >= 0.6 is 11.6 Å². The predicted molar refractivity (Wildman–Crippen MR) is 126 cm³/mol. The lowest BCUT2D eigenvalue weighted by Gasteiger charge is -2.31. The van der Waals surface area contributed by atoms with E-state index in [9.17, 15) is 5.11 Å². The van der Waals surface area contributed by atoms with E-state index in [0.29, 0.717) is 23.8 Å². The second-order valence-electron chi connectivity index (χ2n) is 7.63. The zero-order valence-corrected chi connectivity index (χ0v) is 18.6. The maximum atomic E-state index is 10.9. The SMILES string of the molecule is CCOc1cccc(C2CC(c3ccc(CC)cc3)=NC(c3ccc(Cl)cc3)N2)c1O. The van der Waals surface area contributed by atoms with Gasteiger partial charge in [0.15, 0.2) is 11.5 Å². The number of aromatic hydroxyl groups is 1. The number of para-hydroxylation sites is 1. The van der Waals surface area contributed by atoms with Crippen LogP contribution in [-0.2, 0) is 6.42 Å². The smallest absolute Gasteiger partial charge is 0.162 e. The number of nitrogens with one attached hydrogen (secondary N) is 1. The summed E-state index contributed by atoms with van der Waals surface area (Å²) >= 11 is 6.09. The van der Waals surface area contributed by atoms with E-state index in [-0.39, 0.29) is 18.0 Å². The fourth-order valence-electron chi connectivity index (χ4n) is 3.92. The molecule has 3 aromatic rings. The minimum absolute atomic E-state index is 0.112. The first-order valence-corrected chi connectivity index (χ1v) is 11.1. The number of phenols is 1. The second-order valence-corrected chi connectivity index (χ2v) is 8.07. The van der Waals surface area contributed by atoms with Gasteiger partial charge < -0.3 is 9.84 Å². The number of benzene rings is 3. The Morgan fingerprint density at radius 2 is 1.77 bits per heavy atom. The lowest BCUT2D eigenvalue weighted by molar-refractivity contribution is 0.313. The molecule has 2 N–H and O–H groups in total. The van der Waals surface area contributed by atoms with Crippen LogP contribution in [0.15, 0.2) is 71.7 Å². The van der Waals surface area contributed by atoms with Crippen molar-refractivity contribution in [2.75, 3.05) is 6.61 Å². The summed E-state index contributed by atoms with van der Waals surface area (Å²) in [4.78, 5) is 5.02. The third-order valence-electron chi connectivity index (χ3n) is 5.63. The first-order valence-electron chi connectivity index (χ1n) is 10.7. The first kappa shape index (κ1) is 21.4. The number of hydrogen-bond donors (Lipinski definition) is 2. The fraction of sp³-hybridized carbons (Fsp3) is 0.269. The van der Waals surface area contributed by atoms with Crippen molar-refractivity contribution in [3.63, 3.8) is 0 Å². The van der Waals surface area contributed by atoms with Crippen LogP contribution in [0.1, 0.15) is 54.7 Å². The quantitative estimate of drug-likeness (QED) is 0.483. The van der Waals surface area contributed by atoms with Crippen molar-refractivity contribution in [2.24, 2.45) is 4.99 Å². The van der Waals surface area contributed by atoms with Crippen molar-refractivity contribution >= 4 is 17.3 Å². The van der Waals surface area contributed by atoms with Gasteiger partial charge in [0.1, 0.15) is 6.17 Å². The summed E-state index contributed by atoms with van der Waals surface area (Å²) in [5, 5.41) is 15.2. The van der Waals surface area contributed by atoms with Gasteiger partial charge >= 0.3 is 0 Å². The summed E-state index contributed by atoms with van der Waals surface area (Å²) in [6.07, 6.45) is 1.42. The van der Waals surface area contributed by atoms with Crippen molar-refractivity contribution < 1.29 is 9.84 Å². The summed E-state index contributed by atoms with van der Waals surface area (Å²) in [6, 6.07) is 21.8. The molecule has 2 unspecified atom stereocenters. The average Bonchev–Trinajstić information content (AvgIpc) is 2.81. The van der Waals surface area contributed by atoms with Crippen molar-refractivity contribution in [1.29, 1.82) is 0 Å². The Morgan fingerprint density at radius 1 is 1.03 bits per heavy atom. The van der Waals surface area contributed by atoms with E-state index in [2.05, 4.69) is 36.5 Å². The molecular formula is C26H27ClN2O2. The molecule has 0 amide bonds. The van der Waals surface area contributed by atoms with Crippen molar-refractivity contribution in [3.8, 4) is 11.5 Å². The third kappa shape index (κ3) is 4.76. The monoisotopic (exact) mass is 434 g/mol. The number of halogens is 1. The Hall–Kier alpha value is -2.82. The van der Waals surface area contributed by atoms with Gasteiger partial charge in [0.25, 0.3) is 0 Å². The van der Waals surface area contributed by atoms with E-state index >= 15 is 0 Å². The molecule has 0 aliphatic carbocycles. The van der Waals surface area contributed by atoms with E-state index < -0.39 is 0 Å². The molecule has 1 aliphatic rings. The normalized spacial score (nSPS) is 18.5. The molecule has 0 fully saturated rings. The highest BCUT2D eigenvalue weighted by Gasteiger charge is 2.28. The van der Waals surface area contributed by atoms with Crippen LogP contribution < -0.4 is 10.1 Å². The van der Waals surface area contributed by atoms with Crippen molar-refractivity contribution in [1.82, 2.24) is 5.32 Å². The predicted octanol–water partition coefficient (Wildman–Crippen LogP) is 6.23. The van der Waals surface area contributed by atoms with Crippen molar-refractivity contribution in [2.45, 2.75) is 38.9 Å². The third-order valence-corrected chi connectivity index (χ3v) is 5.88. The van der Waals surface area contributed by atoms with Gasteiger partial charge in [0, 0.05) is 28.8 Å². The van der Waals surface area contributed by atoms with Crippen LogP contribution in [0, 0.1) is 0 Å². The molecule has 4 nitrogen and oxygen atoms in total. The average molecular weight is 435 g/mol. The van der Waals surface area contributed by atoms with Gasteiger partial charge in [-0.3, -0.25) is 10.3 Å². The van der Waals surface area contributed by atoms with Crippen molar-refractivity contribution in [3.05, 3.63) is 94.0 Å². The van der Waals surface area contributed by atoms with E-state index in [0.717, 1.165) is 28.8 Å². The highest BCUT2D eigenvalue weighted by atomic mass is 35.5. The standard InChI is InChI=1S/C26H27ClN2O2/c1-3-17-8-10-18(11-9-17)22-16-23(21-6-5-7-24(25(21)30)31-4-2)29-26(28-22)19-12-14-20(27)15-13-19/h5-15,23,26,29-30H,3-4,16H2,1-2H3. The number of aliphatic imine (C=N–C) groups is 1. The zero-order valence-electron chi connectivity index (χ0n) is 17.8. The Kier molecular flexibility index (Phi) is 6.59. The van der Waals surface area contributed by atoms with Crippen LogP contribution in [-0.4, -0.2) is 17.4 Å². The summed E-state index contributed by atoms with van der Waals surface area (Å²) in [6.45, 7) is 4.56. The zero-order chi connectivity index (χ0) is 21.8. The number of rotatable bonds is 6. The maximum absolute atomic E-state index is 10.9. The van der Waals surface area contributed by atoms with Crippen LogP contribution in [0.4, 0.5) is 0 Å². The largest absolute Gasteiger partial charge is 0.504 e. The summed E-state index contributed by atoms with van der Waals surface area (Å²) in [7, 11) is 0. The first-order chi connectivity index (χ1) is 15.1. The molecule has 3 aromatic carbocycles. The molecule has 160 valence electrons. The second kappa shape index (κ2) is 9.54. The Balaban J connectivity index is 1.73. The number of nitrogens with zero attached hydrogens (tertiary/aromatic N) is 1. The van der Waals surface area contributed by atoms with E-state index in [4.69, 9.17) is 21.3 Å². The molecule has 0 saturated carbocycles. The molecule has 2 atom stereocenters. The lowest BCUT2D eigenvalue weighted by atomic mass is 9.93. The number of hydrogen-bond acceptors (Lipinski definition) is 4. The van der Waals surface area contributed by atoms with E-state index in [1.165, 1.54) is 5.56 Å². The molecule has 1 aliphatic heterocycles. The molecule has 4 rings (SSSR count). The molecule has 0 radical (unpaired) electrons. The van der Waals surface area contributed by atoms with Gasteiger partial charge in [-0.1, -0.05) is 67.1 Å². The van der Waals surface area contributed by atoms with Gasteiger partial charge in [0.05, 0.1) is 6.61 Å². The molecule has 0 aromatic heterocycles. The molecule has 1 heterocycles. The highest BCUT2D eigenvalue weighted by Crippen LogP contribution is 2.39. The van der Waals surface area contributed by atoms with E-state index in [1.54, 1.807) is 6.07 Å². The van der Waals surface area contributed by atoms with Gasteiger partial charge in [-0.2, -0.15) is 0 Å². The van der Waals surface area contributed by atoms with Crippen LogP contribution in [0.3, 0.4) is 0 Å². The Labute approximate surface area is 188 Å². The van der Waals surface area contributed by atoms with Gasteiger partial charge in [-0.25, -0.2) is 0 Å². The van der Waals surface area contributed by atoms with E-state index in [1.807, 2.05) is 43.3 Å². The number of aryl methyl sites for hydroxylation is 1. The summed E-state index contributed by atoms with van der Waals surface area (Å²) in [5.41, 5.74) is 5.24. The van der Waals surface area contributed by atoms with Crippen LogP contribution in [0.25, 0.3) is 0 Å². The van der Waals surface area contributed by atoms with Gasteiger partial charge in [-0.15, -0.1) is 0 Å². The summed E-state index contributed by atoms with van der Waals surface area (Å²) in [5.74, 6) is 0.681. The summed E-state index contributed by atoms with van der Waals surface area (Å²) < 4.78 is 5.61. The van der Waals surface area contributed by atoms with Gasteiger partial charge in [0.2, 0.25) is 0 Å². The van der Waals surface area contributed by atoms with Gasteiger partial charge in [-0.05, 0) is 48.2 Å². The van der Waals surface area contributed by atoms with Crippen LogP contribution in [0.5, 0.6) is 11.5 Å². The number of ether oxygens (including phenoxy) is 1. The number of phenolic OH excluding ortho intramolecular Hbond substituents is 1. The maximum Gasteiger partial charge on any atom is 0.162 e. The lowest BCUT2D eigenvalue weighted by Crippen LogP contribution is -2.33. The molecule has 5 heteroatoms. The fourth-order valence-corrected chi connectivity index (χ4v) is 4.05. The molecule has 0 spiro atoms. The molecule has 31 heavy (non-hydrogen) atoms.